The van der Waals surface area contributed by atoms with Crippen LogP contribution < -0.4 is 10.5 Å². The Morgan fingerprint density at radius 2 is 1.91 bits per heavy atom. The minimum absolute atomic E-state index is 0.0876. The van der Waals surface area contributed by atoms with Crippen LogP contribution in [-0.2, 0) is 0 Å². The predicted molar refractivity (Wildman–Crippen MR) is 82.6 cm³/mol. The lowest BCUT2D eigenvalue weighted by Crippen LogP contribution is -1.91. The maximum Gasteiger partial charge on any atom is 0.247 e. The third kappa shape index (κ3) is 2.88. The van der Waals surface area contributed by atoms with Gasteiger partial charge >= 0.3 is 0 Å². The summed E-state index contributed by atoms with van der Waals surface area (Å²) >= 11 is 0. The summed E-state index contributed by atoms with van der Waals surface area (Å²) in [6, 6.07) is 11.6. The van der Waals surface area contributed by atoms with Crippen molar-refractivity contribution in [1.82, 2.24) is 10.2 Å². The van der Waals surface area contributed by atoms with Gasteiger partial charge in [-0.25, -0.2) is 4.39 Å². The average molecular weight is 311 g/mol. The molecular formula is C17H14FN3O2. The zero-order chi connectivity index (χ0) is 15.8. The molecule has 2 aromatic carbocycles. The third-order valence-electron chi connectivity index (χ3n) is 3.66. The Labute approximate surface area is 131 Å². The van der Waals surface area contributed by atoms with Crippen LogP contribution in [0.4, 0.5) is 10.1 Å². The fourth-order valence-electron chi connectivity index (χ4n) is 2.25. The summed E-state index contributed by atoms with van der Waals surface area (Å²) < 4.78 is 24.8. The van der Waals surface area contributed by atoms with Gasteiger partial charge < -0.3 is 14.9 Å². The molecular weight excluding hydrogens is 297 g/mol. The molecule has 23 heavy (non-hydrogen) atoms. The van der Waals surface area contributed by atoms with Crippen molar-refractivity contribution in [1.29, 1.82) is 0 Å². The van der Waals surface area contributed by atoms with Gasteiger partial charge in [-0.2, -0.15) is 0 Å². The summed E-state index contributed by atoms with van der Waals surface area (Å²) in [7, 11) is 0. The SMILES string of the molecule is Nc1ccc(Oc2cccc(-c3nnc(C4CC4)o3)c2)cc1F. The van der Waals surface area contributed by atoms with Crippen LogP contribution in [0, 0.1) is 5.82 Å². The molecule has 6 heteroatoms. The zero-order valence-electron chi connectivity index (χ0n) is 12.2. The summed E-state index contributed by atoms with van der Waals surface area (Å²) in [4.78, 5) is 0. The quantitative estimate of drug-likeness (QED) is 0.733. The van der Waals surface area contributed by atoms with Crippen LogP contribution in [0.15, 0.2) is 46.9 Å². The Balaban J connectivity index is 1.58. The highest BCUT2D eigenvalue weighted by molar-refractivity contribution is 5.56. The highest BCUT2D eigenvalue weighted by atomic mass is 19.1. The molecule has 3 aromatic rings. The van der Waals surface area contributed by atoms with Gasteiger partial charge in [0.05, 0.1) is 5.69 Å². The first-order valence-corrected chi connectivity index (χ1v) is 7.36. The molecule has 0 amide bonds. The first kappa shape index (κ1) is 13.8. The van der Waals surface area contributed by atoms with Crippen LogP contribution >= 0.6 is 0 Å². The lowest BCUT2D eigenvalue weighted by Gasteiger charge is -2.07. The Morgan fingerprint density at radius 1 is 1.09 bits per heavy atom. The van der Waals surface area contributed by atoms with Crippen LogP contribution in [-0.4, -0.2) is 10.2 Å². The molecule has 0 saturated heterocycles. The van der Waals surface area contributed by atoms with Crippen LogP contribution in [0.1, 0.15) is 24.7 Å². The first-order chi connectivity index (χ1) is 11.2. The van der Waals surface area contributed by atoms with Crippen LogP contribution in [0.2, 0.25) is 0 Å². The van der Waals surface area contributed by atoms with Crippen molar-refractivity contribution in [3.8, 4) is 23.0 Å². The maximum absolute atomic E-state index is 13.5. The summed E-state index contributed by atoms with van der Waals surface area (Å²) in [5.74, 6) is 1.97. The molecule has 0 atom stereocenters. The van der Waals surface area contributed by atoms with Crippen LogP contribution in [0.5, 0.6) is 11.5 Å². The molecule has 5 nitrogen and oxygen atoms in total. The number of nitrogen functional groups attached to an aromatic ring is 1. The van der Waals surface area contributed by atoms with Crippen molar-refractivity contribution in [2.75, 3.05) is 5.73 Å². The molecule has 0 spiro atoms. The molecule has 1 saturated carbocycles. The molecule has 0 unspecified atom stereocenters. The van der Waals surface area contributed by atoms with E-state index in [0.717, 1.165) is 18.4 Å². The largest absolute Gasteiger partial charge is 0.457 e. The molecule has 0 radical (unpaired) electrons. The summed E-state index contributed by atoms with van der Waals surface area (Å²) in [6.07, 6.45) is 2.21. The van der Waals surface area contributed by atoms with Gasteiger partial charge in [-0.1, -0.05) is 6.07 Å². The number of hydrogen-bond donors (Lipinski definition) is 1. The van der Waals surface area contributed by atoms with E-state index >= 15 is 0 Å². The van der Waals surface area contributed by atoms with E-state index in [0.29, 0.717) is 29.2 Å². The number of aromatic nitrogens is 2. The zero-order valence-corrected chi connectivity index (χ0v) is 12.2. The second-order valence-corrected chi connectivity index (χ2v) is 5.53. The summed E-state index contributed by atoms with van der Waals surface area (Å²) in [5, 5.41) is 8.14. The second-order valence-electron chi connectivity index (χ2n) is 5.53. The normalized spacial score (nSPS) is 14.0. The number of nitrogens with zero attached hydrogens (tertiary/aromatic N) is 2. The smallest absolute Gasteiger partial charge is 0.247 e. The molecule has 1 heterocycles. The minimum atomic E-state index is -0.510. The van der Waals surface area contributed by atoms with Crippen molar-refractivity contribution in [2.24, 2.45) is 0 Å². The fourth-order valence-corrected chi connectivity index (χ4v) is 2.25. The number of halogens is 1. The number of rotatable bonds is 4. The van der Waals surface area contributed by atoms with Gasteiger partial charge in [0.15, 0.2) is 0 Å². The number of benzene rings is 2. The standard InChI is InChI=1S/C17H14FN3O2/c18-14-9-13(6-7-15(14)19)22-12-3-1-2-11(8-12)17-21-20-16(23-17)10-4-5-10/h1-3,6-10H,4-5,19H2. The van der Waals surface area contributed by atoms with E-state index in [9.17, 15) is 4.39 Å². The van der Waals surface area contributed by atoms with E-state index in [1.807, 2.05) is 12.1 Å². The van der Waals surface area contributed by atoms with Gasteiger partial charge in [-0.15, -0.1) is 10.2 Å². The highest BCUT2D eigenvalue weighted by Gasteiger charge is 2.29. The maximum atomic E-state index is 13.5. The van der Waals surface area contributed by atoms with Crippen molar-refractivity contribution < 1.29 is 13.5 Å². The molecule has 0 bridgehead atoms. The Kier molecular flexibility index (Phi) is 3.22. The van der Waals surface area contributed by atoms with Crippen LogP contribution in [0.25, 0.3) is 11.5 Å². The molecule has 2 N–H and O–H groups in total. The molecule has 4 rings (SSSR count). The van der Waals surface area contributed by atoms with E-state index in [-0.39, 0.29) is 5.69 Å². The van der Waals surface area contributed by atoms with Gasteiger partial charge in [-0.05, 0) is 43.2 Å². The first-order valence-electron chi connectivity index (χ1n) is 7.36. The Morgan fingerprint density at radius 3 is 2.70 bits per heavy atom. The number of hydrogen-bond acceptors (Lipinski definition) is 5. The average Bonchev–Trinajstić information content (AvgIpc) is 3.28. The Bertz CT molecular complexity index is 859. The molecule has 1 aromatic heterocycles. The van der Waals surface area contributed by atoms with E-state index in [2.05, 4.69) is 10.2 Å². The predicted octanol–water partition coefficient (Wildman–Crippen LogP) is 4.13. The molecule has 1 aliphatic rings. The van der Waals surface area contributed by atoms with Crippen molar-refractivity contribution in [3.05, 3.63) is 54.2 Å². The second kappa shape index (κ2) is 5.39. The summed E-state index contributed by atoms with van der Waals surface area (Å²) in [6.45, 7) is 0. The molecule has 1 fully saturated rings. The van der Waals surface area contributed by atoms with Crippen molar-refractivity contribution in [3.63, 3.8) is 0 Å². The molecule has 116 valence electrons. The number of ether oxygens (including phenoxy) is 1. The molecule has 1 aliphatic carbocycles. The van der Waals surface area contributed by atoms with Gasteiger partial charge in [0.1, 0.15) is 17.3 Å². The minimum Gasteiger partial charge on any atom is -0.457 e. The lowest BCUT2D eigenvalue weighted by atomic mass is 10.2. The number of nitrogens with two attached hydrogens (primary N) is 1. The summed E-state index contributed by atoms with van der Waals surface area (Å²) in [5.41, 5.74) is 6.31. The van der Waals surface area contributed by atoms with Gasteiger partial charge in [0, 0.05) is 17.5 Å². The van der Waals surface area contributed by atoms with E-state index in [1.165, 1.54) is 12.1 Å². The van der Waals surface area contributed by atoms with Gasteiger partial charge in [0.2, 0.25) is 11.8 Å². The topological polar surface area (TPSA) is 74.2 Å². The van der Waals surface area contributed by atoms with Gasteiger partial charge in [0.25, 0.3) is 0 Å². The van der Waals surface area contributed by atoms with Gasteiger partial charge in [-0.3, -0.25) is 0 Å². The van der Waals surface area contributed by atoms with Crippen LogP contribution in [0.3, 0.4) is 0 Å². The van der Waals surface area contributed by atoms with E-state index in [4.69, 9.17) is 14.9 Å². The fraction of sp³-hybridized carbons (Fsp3) is 0.176. The highest BCUT2D eigenvalue weighted by Crippen LogP contribution is 2.40. The van der Waals surface area contributed by atoms with Crippen molar-refractivity contribution in [2.45, 2.75) is 18.8 Å². The molecule has 0 aliphatic heterocycles. The lowest BCUT2D eigenvalue weighted by molar-refractivity contribution is 0.476. The Hall–Kier alpha value is -2.89. The number of anilines is 1. The monoisotopic (exact) mass is 311 g/mol. The van der Waals surface area contributed by atoms with Crippen molar-refractivity contribution >= 4 is 5.69 Å². The van der Waals surface area contributed by atoms with E-state index < -0.39 is 5.82 Å². The third-order valence-corrected chi connectivity index (χ3v) is 3.66. The van der Waals surface area contributed by atoms with E-state index in [1.54, 1.807) is 18.2 Å².